The third kappa shape index (κ3) is 2.75. The highest BCUT2D eigenvalue weighted by molar-refractivity contribution is 5.83. The molecule has 0 aliphatic heterocycles. The highest BCUT2D eigenvalue weighted by atomic mass is 19.4. The van der Waals surface area contributed by atoms with Crippen LogP contribution in [-0.4, -0.2) is 24.4 Å². The molecule has 0 unspecified atom stereocenters. The fourth-order valence-electron chi connectivity index (χ4n) is 3.43. The third-order valence-electron chi connectivity index (χ3n) is 4.63. The van der Waals surface area contributed by atoms with Gasteiger partial charge < -0.3 is 0 Å². The first-order valence-electron chi connectivity index (χ1n) is 8.71. The van der Waals surface area contributed by atoms with Crippen molar-refractivity contribution in [3.05, 3.63) is 53.1 Å². The minimum absolute atomic E-state index is 0.225. The summed E-state index contributed by atoms with van der Waals surface area (Å²) < 4.78 is 42.6. The van der Waals surface area contributed by atoms with Crippen LogP contribution in [0.2, 0.25) is 0 Å². The summed E-state index contributed by atoms with van der Waals surface area (Å²) in [5.74, 6) is -1.12. The Balaban J connectivity index is 2.07. The summed E-state index contributed by atoms with van der Waals surface area (Å²) in [5, 5.41) is 9.26. The van der Waals surface area contributed by atoms with Crippen molar-refractivity contribution in [3.63, 3.8) is 0 Å². The van der Waals surface area contributed by atoms with Crippen molar-refractivity contribution in [1.29, 1.82) is 0 Å². The van der Waals surface area contributed by atoms with Crippen LogP contribution in [0, 0.1) is 13.8 Å². The van der Waals surface area contributed by atoms with Crippen molar-refractivity contribution in [1.82, 2.24) is 24.4 Å². The Morgan fingerprint density at radius 1 is 1.11 bits per heavy atom. The summed E-state index contributed by atoms with van der Waals surface area (Å²) in [4.78, 5) is 3.73. The van der Waals surface area contributed by atoms with Gasteiger partial charge in [0.15, 0.2) is 5.65 Å². The van der Waals surface area contributed by atoms with E-state index in [0.29, 0.717) is 17.7 Å². The molecule has 0 atom stereocenters. The standard InChI is InChI=1S/C19H18F3N5/c1-4-6-14-15(26-16-11(2)7-5-8-13(16)10-23-26)9-12(3)17-24-18(19(20,21)22)25-27(14)17/h5,7-10H,4,6H2,1-3H3. The topological polar surface area (TPSA) is 48.0 Å². The lowest BCUT2D eigenvalue weighted by Gasteiger charge is -2.14. The van der Waals surface area contributed by atoms with Gasteiger partial charge in [0.05, 0.1) is 23.1 Å². The molecule has 8 heteroatoms. The van der Waals surface area contributed by atoms with E-state index < -0.39 is 12.0 Å². The molecule has 0 radical (unpaired) electrons. The van der Waals surface area contributed by atoms with Crippen molar-refractivity contribution in [2.75, 3.05) is 0 Å². The van der Waals surface area contributed by atoms with E-state index in [1.807, 2.05) is 38.1 Å². The molecule has 0 fully saturated rings. The summed E-state index contributed by atoms with van der Waals surface area (Å²) >= 11 is 0. The Kier molecular flexibility index (Phi) is 3.94. The normalized spacial score (nSPS) is 12.4. The van der Waals surface area contributed by atoms with Gasteiger partial charge in [-0.2, -0.15) is 18.3 Å². The molecule has 3 aromatic heterocycles. The number of hydrogen-bond acceptors (Lipinski definition) is 3. The van der Waals surface area contributed by atoms with E-state index in [1.54, 1.807) is 17.8 Å². The second-order valence-electron chi connectivity index (χ2n) is 6.65. The molecule has 1 aromatic carbocycles. The van der Waals surface area contributed by atoms with Gasteiger partial charge in [-0.3, -0.25) is 0 Å². The number of benzene rings is 1. The highest BCUT2D eigenvalue weighted by Crippen LogP contribution is 2.30. The molecule has 3 heterocycles. The van der Waals surface area contributed by atoms with E-state index in [9.17, 15) is 13.2 Å². The zero-order valence-electron chi connectivity index (χ0n) is 15.2. The van der Waals surface area contributed by atoms with Gasteiger partial charge in [-0.1, -0.05) is 31.5 Å². The summed E-state index contributed by atoms with van der Waals surface area (Å²) in [6, 6.07) is 7.75. The van der Waals surface area contributed by atoms with Gasteiger partial charge >= 0.3 is 6.18 Å². The van der Waals surface area contributed by atoms with Crippen molar-refractivity contribution in [2.45, 2.75) is 39.8 Å². The molecule has 0 bridgehead atoms. The molecule has 0 aliphatic rings. The second kappa shape index (κ2) is 6.07. The lowest BCUT2D eigenvalue weighted by Crippen LogP contribution is -2.11. The van der Waals surface area contributed by atoms with E-state index in [2.05, 4.69) is 15.2 Å². The van der Waals surface area contributed by atoms with Crippen molar-refractivity contribution < 1.29 is 13.2 Å². The lowest BCUT2D eigenvalue weighted by atomic mass is 10.1. The smallest absolute Gasteiger partial charge is 0.231 e. The maximum Gasteiger partial charge on any atom is 0.453 e. The maximum absolute atomic E-state index is 13.2. The Morgan fingerprint density at radius 2 is 1.89 bits per heavy atom. The van der Waals surface area contributed by atoms with Crippen LogP contribution in [0.1, 0.15) is 36.0 Å². The predicted octanol–water partition coefficient (Wildman–Crippen LogP) is 4.66. The Hall–Kier alpha value is -2.90. The molecule has 5 nitrogen and oxygen atoms in total. The largest absolute Gasteiger partial charge is 0.453 e. The van der Waals surface area contributed by atoms with Gasteiger partial charge in [-0.05, 0) is 37.5 Å². The zero-order valence-corrected chi connectivity index (χ0v) is 15.2. The number of fused-ring (bicyclic) bond motifs is 2. The number of hydrogen-bond donors (Lipinski definition) is 0. The molecule has 0 spiro atoms. The maximum atomic E-state index is 13.2. The average molecular weight is 373 g/mol. The number of halogens is 3. The first-order valence-corrected chi connectivity index (χ1v) is 8.71. The first-order chi connectivity index (χ1) is 12.8. The van der Waals surface area contributed by atoms with E-state index in [0.717, 1.165) is 28.6 Å². The number of rotatable bonds is 3. The van der Waals surface area contributed by atoms with Crippen molar-refractivity contribution >= 4 is 16.6 Å². The average Bonchev–Trinajstić information content (AvgIpc) is 3.22. The molecule has 0 aliphatic carbocycles. The Labute approximate surface area is 153 Å². The van der Waals surface area contributed by atoms with Gasteiger partial charge in [0, 0.05) is 5.39 Å². The minimum atomic E-state index is -4.59. The summed E-state index contributed by atoms with van der Waals surface area (Å²) in [6.45, 7) is 5.70. The molecule has 140 valence electrons. The predicted molar refractivity (Wildman–Crippen MR) is 96.1 cm³/mol. The monoisotopic (exact) mass is 373 g/mol. The van der Waals surface area contributed by atoms with Crippen molar-refractivity contribution in [3.8, 4) is 5.69 Å². The number of alkyl halides is 3. The molecule has 4 rings (SSSR count). The van der Waals surface area contributed by atoms with Gasteiger partial charge in [-0.15, -0.1) is 5.10 Å². The molecule has 0 amide bonds. The number of aryl methyl sites for hydroxylation is 3. The van der Waals surface area contributed by atoms with Crippen LogP contribution in [0.25, 0.3) is 22.2 Å². The van der Waals surface area contributed by atoms with Crippen LogP contribution in [0.5, 0.6) is 0 Å². The quantitative estimate of drug-likeness (QED) is 0.525. The van der Waals surface area contributed by atoms with Crippen LogP contribution >= 0.6 is 0 Å². The number of aromatic nitrogens is 5. The minimum Gasteiger partial charge on any atom is -0.231 e. The summed E-state index contributed by atoms with van der Waals surface area (Å²) in [6.07, 6.45) is -1.51. The molecule has 4 aromatic rings. The van der Waals surface area contributed by atoms with Crippen LogP contribution in [0.4, 0.5) is 13.2 Å². The summed E-state index contributed by atoms with van der Waals surface area (Å²) in [5.41, 5.74) is 4.21. The van der Waals surface area contributed by atoms with Crippen LogP contribution < -0.4 is 0 Å². The van der Waals surface area contributed by atoms with E-state index >= 15 is 0 Å². The zero-order chi connectivity index (χ0) is 19.3. The van der Waals surface area contributed by atoms with Crippen LogP contribution in [-0.2, 0) is 12.6 Å². The Bertz CT molecular complexity index is 1150. The number of nitrogens with zero attached hydrogens (tertiary/aromatic N) is 5. The lowest BCUT2D eigenvalue weighted by molar-refractivity contribution is -0.144. The SMILES string of the molecule is CCCc1c(-n2ncc3cccc(C)c32)cc(C)c2nc(C(F)(F)F)nn12. The highest BCUT2D eigenvalue weighted by Gasteiger charge is 2.37. The van der Waals surface area contributed by atoms with Gasteiger partial charge in [0.25, 0.3) is 5.82 Å². The molecule has 0 saturated heterocycles. The molecule has 0 saturated carbocycles. The van der Waals surface area contributed by atoms with Gasteiger partial charge in [0.1, 0.15) is 0 Å². The van der Waals surface area contributed by atoms with Crippen LogP contribution in [0.3, 0.4) is 0 Å². The Morgan fingerprint density at radius 3 is 2.59 bits per heavy atom. The molecule has 0 N–H and O–H groups in total. The fourth-order valence-corrected chi connectivity index (χ4v) is 3.43. The third-order valence-corrected chi connectivity index (χ3v) is 4.63. The molecule has 27 heavy (non-hydrogen) atoms. The van der Waals surface area contributed by atoms with Crippen LogP contribution in [0.15, 0.2) is 30.5 Å². The first kappa shape index (κ1) is 17.5. The number of para-hydroxylation sites is 1. The van der Waals surface area contributed by atoms with E-state index in [4.69, 9.17) is 0 Å². The second-order valence-corrected chi connectivity index (χ2v) is 6.65. The van der Waals surface area contributed by atoms with E-state index in [1.165, 1.54) is 4.52 Å². The van der Waals surface area contributed by atoms with Gasteiger partial charge in [-0.25, -0.2) is 14.2 Å². The van der Waals surface area contributed by atoms with Gasteiger partial charge in [0.2, 0.25) is 0 Å². The van der Waals surface area contributed by atoms with Crippen molar-refractivity contribution in [2.24, 2.45) is 0 Å². The summed E-state index contributed by atoms with van der Waals surface area (Å²) in [7, 11) is 0. The number of pyridine rings is 1. The fraction of sp³-hybridized carbons (Fsp3) is 0.316. The molecular formula is C19H18F3N5. The molecular weight excluding hydrogens is 355 g/mol. The van der Waals surface area contributed by atoms with E-state index in [-0.39, 0.29) is 5.65 Å².